The number of carbonyl (C=O) groups is 2. The van der Waals surface area contributed by atoms with Crippen LogP contribution < -0.4 is 16.0 Å². The first-order valence-electron chi connectivity index (χ1n) is 6.99. The van der Waals surface area contributed by atoms with Crippen molar-refractivity contribution in [2.75, 3.05) is 23.9 Å². The molecular formula is C14H15F3N4O4S. The van der Waals surface area contributed by atoms with E-state index in [1.165, 1.54) is 0 Å². The predicted molar refractivity (Wildman–Crippen MR) is 85.7 cm³/mol. The summed E-state index contributed by atoms with van der Waals surface area (Å²) in [6, 6.07) is 2.67. The predicted octanol–water partition coefficient (Wildman–Crippen LogP) is 0.880. The number of amides is 3. The summed E-state index contributed by atoms with van der Waals surface area (Å²) in [4.78, 5) is 23.7. The van der Waals surface area contributed by atoms with Crippen molar-refractivity contribution < 1.29 is 31.2 Å². The van der Waals surface area contributed by atoms with Crippen LogP contribution in [0.4, 0.5) is 23.7 Å². The van der Waals surface area contributed by atoms with Crippen LogP contribution >= 0.6 is 0 Å². The molecule has 26 heavy (non-hydrogen) atoms. The zero-order valence-corrected chi connectivity index (χ0v) is 14.2. The van der Waals surface area contributed by atoms with Crippen molar-refractivity contribution in [3.8, 4) is 6.07 Å². The number of carbonyl (C=O) groups excluding carboxylic acids is 2. The molecule has 8 nitrogen and oxygen atoms in total. The number of urea groups is 1. The van der Waals surface area contributed by atoms with Gasteiger partial charge in [0, 0.05) is 11.9 Å². The van der Waals surface area contributed by atoms with Gasteiger partial charge in [0.25, 0.3) is 0 Å². The van der Waals surface area contributed by atoms with Gasteiger partial charge in [0.15, 0.2) is 0 Å². The Morgan fingerprint density at radius 2 is 1.81 bits per heavy atom. The van der Waals surface area contributed by atoms with Gasteiger partial charge in [-0.2, -0.15) is 18.4 Å². The maximum atomic E-state index is 12.5. The summed E-state index contributed by atoms with van der Waals surface area (Å²) in [6.45, 7) is -0.388. The highest BCUT2D eigenvalue weighted by Gasteiger charge is 2.30. The van der Waals surface area contributed by atoms with Crippen LogP contribution in [0.15, 0.2) is 24.3 Å². The molecule has 3 amide bonds. The Morgan fingerprint density at radius 1 is 1.23 bits per heavy atom. The first kappa shape index (κ1) is 21.2. The van der Waals surface area contributed by atoms with E-state index in [4.69, 9.17) is 5.26 Å². The van der Waals surface area contributed by atoms with E-state index in [0.717, 1.165) is 30.5 Å². The number of nitrogens with one attached hydrogen (secondary N) is 3. The summed E-state index contributed by atoms with van der Waals surface area (Å²) in [6.07, 6.45) is -3.67. The van der Waals surface area contributed by atoms with E-state index >= 15 is 0 Å². The highest BCUT2D eigenvalue weighted by molar-refractivity contribution is 7.90. The fourth-order valence-electron chi connectivity index (χ4n) is 1.80. The number of sulfone groups is 1. The quantitative estimate of drug-likeness (QED) is 0.619. The zero-order valence-electron chi connectivity index (χ0n) is 13.4. The molecule has 0 fully saturated rings. The standard InChI is InChI=1S/C14H15F3N4O4S/c1-26(24,25)8-11(12(22)19-7-6-18)21-13(23)20-10-4-2-9(3-5-10)14(15,16)17/h2-5,11H,7-8H2,1H3,(H,19,22)(H2,20,21,23). The number of halogens is 3. The number of hydrogen-bond acceptors (Lipinski definition) is 5. The van der Waals surface area contributed by atoms with Crippen LogP contribution in [0, 0.1) is 11.3 Å². The maximum absolute atomic E-state index is 12.5. The minimum absolute atomic E-state index is 0.00559. The topological polar surface area (TPSA) is 128 Å². The Balaban J connectivity index is 2.80. The lowest BCUT2D eigenvalue weighted by Gasteiger charge is -2.17. The minimum atomic E-state index is -4.53. The lowest BCUT2D eigenvalue weighted by molar-refractivity contribution is -0.137. The third-order valence-electron chi connectivity index (χ3n) is 2.90. The Kier molecular flexibility index (Phi) is 6.96. The highest BCUT2D eigenvalue weighted by Crippen LogP contribution is 2.29. The van der Waals surface area contributed by atoms with Crippen LogP contribution in [-0.2, 0) is 20.8 Å². The van der Waals surface area contributed by atoms with E-state index in [1.54, 1.807) is 6.07 Å². The molecule has 12 heteroatoms. The molecule has 1 rings (SSSR count). The normalized spacial score (nSPS) is 12.6. The summed E-state index contributed by atoms with van der Waals surface area (Å²) in [7, 11) is -3.65. The van der Waals surface area contributed by atoms with Crippen molar-refractivity contribution in [1.29, 1.82) is 5.26 Å². The van der Waals surface area contributed by atoms with Crippen LogP contribution in [0.3, 0.4) is 0 Å². The molecule has 0 saturated heterocycles. The molecule has 0 radical (unpaired) electrons. The molecule has 3 N–H and O–H groups in total. The SMILES string of the molecule is CS(=O)(=O)CC(NC(=O)Nc1ccc(C(F)(F)F)cc1)C(=O)NCC#N. The average molecular weight is 392 g/mol. The van der Waals surface area contributed by atoms with Crippen LogP contribution in [0.25, 0.3) is 0 Å². The molecule has 0 aromatic heterocycles. The number of benzene rings is 1. The summed E-state index contributed by atoms with van der Waals surface area (Å²) in [5.41, 5.74) is -0.902. The lowest BCUT2D eigenvalue weighted by Crippen LogP contribution is -2.51. The molecule has 1 atom stereocenters. The molecule has 142 valence electrons. The number of hydrogen-bond donors (Lipinski definition) is 3. The summed E-state index contributed by atoms with van der Waals surface area (Å²) >= 11 is 0. The maximum Gasteiger partial charge on any atom is 0.416 e. The summed E-state index contributed by atoms with van der Waals surface area (Å²) in [5.74, 6) is -1.61. The average Bonchev–Trinajstić information content (AvgIpc) is 2.50. The van der Waals surface area contributed by atoms with Crippen LogP contribution in [0.1, 0.15) is 5.56 Å². The number of rotatable bonds is 6. The molecule has 1 aromatic rings. The minimum Gasteiger partial charge on any atom is -0.341 e. The number of nitrogens with zero attached hydrogens (tertiary/aromatic N) is 1. The van der Waals surface area contributed by atoms with Crippen LogP contribution in [-0.4, -0.2) is 45.0 Å². The third kappa shape index (κ3) is 7.39. The number of alkyl halides is 3. The van der Waals surface area contributed by atoms with Gasteiger partial charge in [-0.1, -0.05) is 0 Å². The van der Waals surface area contributed by atoms with Gasteiger partial charge in [0.2, 0.25) is 5.91 Å². The first-order valence-corrected chi connectivity index (χ1v) is 9.05. The molecule has 1 unspecified atom stereocenters. The third-order valence-corrected chi connectivity index (χ3v) is 3.84. The summed E-state index contributed by atoms with van der Waals surface area (Å²) in [5, 5.41) is 14.8. The van der Waals surface area contributed by atoms with E-state index in [2.05, 4.69) is 16.0 Å². The van der Waals surface area contributed by atoms with Crippen molar-refractivity contribution in [2.24, 2.45) is 0 Å². The Hall–Kier alpha value is -2.81. The molecule has 0 aliphatic carbocycles. The summed E-state index contributed by atoms with van der Waals surface area (Å²) < 4.78 is 60.2. The van der Waals surface area contributed by atoms with E-state index in [9.17, 15) is 31.2 Å². The number of anilines is 1. The van der Waals surface area contributed by atoms with Crippen LogP contribution in [0.5, 0.6) is 0 Å². The molecule has 0 aliphatic rings. The van der Waals surface area contributed by atoms with E-state index in [0.29, 0.717) is 0 Å². The van der Waals surface area contributed by atoms with E-state index in [-0.39, 0.29) is 12.2 Å². The zero-order chi connectivity index (χ0) is 20.0. The second-order valence-corrected chi connectivity index (χ2v) is 7.38. The van der Waals surface area contributed by atoms with E-state index in [1.807, 2.05) is 0 Å². The Bertz CT molecular complexity index is 801. The fraction of sp³-hybridized carbons (Fsp3) is 0.357. The van der Waals surface area contributed by atoms with E-state index < -0.39 is 45.3 Å². The van der Waals surface area contributed by atoms with Crippen molar-refractivity contribution in [2.45, 2.75) is 12.2 Å². The van der Waals surface area contributed by atoms with Gasteiger partial charge in [-0.3, -0.25) is 4.79 Å². The monoisotopic (exact) mass is 392 g/mol. The van der Waals surface area contributed by atoms with Gasteiger partial charge < -0.3 is 16.0 Å². The smallest absolute Gasteiger partial charge is 0.341 e. The van der Waals surface area contributed by atoms with Gasteiger partial charge in [0.05, 0.1) is 17.4 Å². The number of nitriles is 1. The lowest BCUT2D eigenvalue weighted by atomic mass is 10.2. The molecule has 0 heterocycles. The van der Waals surface area contributed by atoms with Crippen molar-refractivity contribution >= 4 is 27.5 Å². The molecule has 0 saturated carbocycles. The Morgan fingerprint density at radius 3 is 2.27 bits per heavy atom. The first-order chi connectivity index (χ1) is 11.9. The molecular weight excluding hydrogens is 377 g/mol. The molecule has 1 aromatic carbocycles. The molecule has 0 aliphatic heterocycles. The second-order valence-electron chi connectivity index (χ2n) is 5.19. The highest BCUT2D eigenvalue weighted by atomic mass is 32.2. The van der Waals surface area contributed by atoms with Crippen molar-refractivity contribution in [3.05, 3.63) is 29.8 Å². The molecule has 0 spiro atoms. The molecule has 0 bridgehead atoms. The van der Waals surface area contributed by atoms with Gasteiger partial charge in [-0.05, 0) is 24.3 Å². The van der Waals surface area contributed by atoms with Crippen LogP contribution in [0.2, 0.25) is 0 Å². The van der Waals surface area contributed by atoms with Gasteiger partial charge in [0.1, 0.15) is 22.4 Å². The van der Waals surface area contributed by atoms with Gasteiger partial charge >= 0.3 is 12.2 Å². The van der Waals surface area contributed by atoms with Crippen molar-refractivity contribution in [3.63, 3.8) is 0 Å². The fourth-order valence-corrected chi connectivity index (χ4v) is 2.64. The Labute approximate surface area is 147 Å². The second kappa shape index (κ2) is 8.52. The van der Waals surface area contributed by atoms with Gasteiger partial charge in [-0.15, -0.1) is 0 Å². The largest absolute Gasteiger partial charge is 0.416 e. The van der Waals surface area contributed by atoms with Crippen molar-refractivity contribution in [1.82, 2.24) is 10.6 Å². The van der Waals surface area contributed by atoms with Gasteiger partial charge in [-0.25, -0.2) is 13.2 Å².